The van der Waals surface area contributed by atoms with Crippen molar-refractivity contribution in [1.82, 2.24) is 10.0 Å². The van der Waals surface area contributed by atoms with E-state index in [1.54, 1.807) is 0 Å². The van der Waals surface area contributed by atoms with E-state index in [0.29, 0.717) is 0 Å². The molecule has 1 amide bonds. The van der Waals surface area contributed by atoms with Crippen molar-refractivity contribution in [3.05, 3.63) is 66.0 Å². The predicted octanol–water partition coefficient (Wildman–Crippen LogP) is 1.46. The zero-order chi connectivity index (χ0) is 16.9. The number of hydrogen-bond donors (Lipinski definition) is 2. The van der Waals surface area contributed by atoms with E-state index in [4.69, 9.17) is 0 Å². The Morgan fingerprint density at radius 3 is 2.26 bits per heavy atom. The molecule has 0 aliphatic rings. The van der Waals surface area contributed by atoms with E-state index in [1.807, 2.05) is 30.3 Å². The topological polar surface area (TPSA) is 75.3 Å². The SMILES string of the molecule is CNC(=O)C(Cc1ccccc1)NS(=O)(=O)c1ccc(F)cc1. The van der Waals surface area contributed by atoms with Gasteiger partial charge in [-0.3, -0.25) is 4.79 Å². The van der Waals surface area contributed by atoms with Crippen molar-refractivity contribution >= 4 is 15.9 Å². The fourth-order valence-corrected chi connectivity index (χ4v) is 3.28. The molecule has 1 atom stereocenters. The Balaban J connectivity index is 2.23. The molecule has 122 valence electrons. The number of amides is 1. The maximum Gasteiger partial charge on any atom is 0.241 e. The Hall–Kier alpha value is -2.25. The first-order chi connectivity index (χ1) is 10.9. The van der Waals surface area contributed by atoms with Crippen LogP contribution >= 0.6 is 0 Å². The average molecular weight is 336 g/mol. The molecule has 2 aromatic rings. The average Bonchev–Trinajstić information content (AvgIpc) is 2.54. The third kappa shape index (κ3) is 4.61. The highest BCUT2D eigenvalue weighted by Gasteiger charge is 2.25. The summed E-state index contributed by atoms with van der Waals surface area (Å²) in [6.45, 7) is 0. The van der Waals surface area contributed by atoms with Gasteiger partial charge < -0.3 is 5.32 Å². The molecular formula is C16H17FN2O3S. The van der Waals surface area contributed by atoms with Crippen LogP contribution < -0.4 is 10.0 Å². The summed E-state index contributed by atoms with van der Waals surface area (Å²) in [6.07, 6.45) is 0.209. The van der Waals surface area contributed by atoms with Gasteiger partial charge in [0.25, 0.3) is 0 Å². The van der Waals surface area contributed by atoms with Crippen LogP contribution in [0.4, 0.5) is 4.39 Å². The summed E-state index contributed by atoms with van der Waals surface area (Å²) in [7, 11) is -2.49. The Morgan fingerprint density at radius 2 is 1.70 bits per heavy atom. The molecule has 0 heterocycles. The largest absolute Gasteiger partial charge is 0.358 e. The van der Waals surface area contributed by atoms with E-state index in [-0.39, 0.29) is 11.3 Å². The number of benzene rings is 2. The van der Waals surface area contributed by atoms with Crippen molar-refractivity contribution in [2.45, 2.75) is 17.4 Å². The van der Waals surface area contributed by atoms with Crippen molar-refractivity contribution in [2.75, 3.05) is 7.05 Å². The molecule has 0 spiro atoms. The van der Waals surface area contributed by atoms with Gasteiger partial charge in [0.05, 0.1) is 4.90 Å². The smallest absolute Gasteiger partial charge is 0.241 e. The van der Waals surface area contributed by atoms with Crippen LogP contribution in [0.15, 0.2) is 59.5 Å². The van der Waals surface area contributed by atoms with E-state index in [2.05, 4.69) is 10.0 Å². The molecule has 0 aliphatic carbocycles. The molecule has 2 N–H and O–H groups in total. The Morgan fingerprint density at radius 1 is 1.09 bits per heavy atom. The molecule has 0 aliphatic heterocycles. The molecule has 7 heteroatoms. The van der Waals surface area contributed by atoms with Gasteiger partial charge in [0.2, 0.25) is 15.9 Å². The van der Waals surface area contributed by atoms with Gasteiger partial charge >= 0.3 is 0 Å². The molecule has 1 unspecified atom stereocenters. The molecule has 23 heavy (non-hydrogen) atoms. The van der Waals surface area contributed by atoms with E-state index in [0.717, 1.165) is 29.8 Å². The van der Waals surface area contributed by atoms with Gasteiger partial charge in [-0.05, 0) is 36.2 Å². The van der Waals surface area contributed by atoms with Crippen LogP contribution in [-0.2, 0) is 21.2 Å². The van der Waals surface area contributed by atoms with Crippen molar-refractivity contribution in [1.29, 1.82) is 0 Å². The van der Waals surface area contributed by atoms with Crippen LogP contribution in [0.5, 0.6) is 0 Å². The molecule has 2 rings (SSSR count). The zero-order valence-corrected chi connectivity index (χ0v) is 13.3. The number of hydrogen-bond acceptors (Lipinski definition) is 3. The number of halogens is 1. The highest BCUT2D eigenvalue weighted by molar-refractivity contribution is 7.89. The fraction of sp³-hybridized carbons (Fsp3) is 0.188. The van der Waals surface area contributed by atoms with E-state index in [9.17, 15) is 17.6 Å². The minimum atomic E-state index is -3.93. The Labute approximate surface area is 134 Å². The van der Waals surface area contributed by atoms with Crippen molar-refractivity contribution in [3.8, 4) is 0 Å². The van der Waals surface area contributed by atoms with E-state index >= 15 is 0 Å². The third-order valence-electron chi connectivity index (χ3n) is 3.27. The second kappa shape index (κ2) is 7.34. The lowest BCUT2D eigenvalue weighted by molar-refractivity contribution is -0.122. The summed E-state index contributed by atoms with van der Waals surface area (Å²) in [6, 6.07) is 12.5. The first-order valence-electron chi connectivity index (χ1n) is 6.96. The highest BCUT2D eigenvalue weighted by atomic mass is 32.2. The first-order valence-corrected chi connectivity index (χ1v) is 8.44. The normalized spacial score (nSPS) is 12.6. The molecule has 0 aromatic heterocycles. The quantitative estimate of drug-likeness (QED) is 0.839. The molecule has 0 bridgehead atoms. The highest BCUT2D eigenvalue weighted by Crippen LogP contribution is 2.12. The molecule has 0 radical (unpaired) electrons. The van der Waals surface area contributed by atoms with E-state index in [1.165, 1.54) is 7.05 Å². The van der Waals surface area contributed by atoms with Crippen LogP contribution in [0.25, 0.3) is 0 Å². The van der Waals surface area contributed by atoms with Crippen molar-refractivity contribution in [3.63, 3.8) is 0 Å². The first kappa shape index (κ1) is 17.1. The van der Waals surface area contributed by atoms with Gasteiger partial charge in [-0.1, -0.05) is 30.3 Å². The van der Waals surface area contributed by atoms with Gasteiger partial charge in [0, 0.05) is 7.05 Å². The number of carbonyl (C=O) groups excluding carboxylic acids is 1. The second-order valence-corrected chi connectivity index (χ2v) is 6.65. The van der Waals surface area contributed by atoms with E-state index < -0.39 is 27.8 Å². The minimum Gasteiger partial charge on any atom is -0.358 e. The third-order valence-corrected chi connectivity index (χ3v) is 4.75. The lowest BCUT2D eigenvalue weighted by Crippen LogP contribution is -2.46. The van der Waals surface area contributed by atoms with Gasteiger partial charge in [0.1, 0.15) is 11.9 Å². The Bertz CT molecular complexity index is 762. The lowest BCUT2D eigenvalue weighted by atomic mass is 10.1. The van der Waals surface area contributed by atoms with Crippen LogP contribution in [-0.4, -0.2) is 27.4 Å². The minimum absolute atomic E-state index is 0.0964. The number of sulfonamides is 1. The molecule has 0 saturated heterocycles. The van der Waals surface area contributed by atoms with Crippen LogP contribution in [0.2, 0.25) is 0 Å². The maximum atomic E-state index is 12.9. The summed E-state index contributed by atoms with van der Waals surface area (Å²) in [5.41, 5.74) is 0.822. The predicted molar refractivity (Wildman–Crippen MR) is 84.7 cm³/mol. The summed E-state index contributed by atoms with van der Waals surface area (Å²) in [4.78, 5) is 11.9. The number of rotatable bonds is 6. The Kier molecular flexibility index (Phi) is 5.46. The summed E-state index contributed by atoms with van der Waals surface area (Å²) >= 11 is 0. The van der Waals surface area contributed by atoms with Gasteiger partial charge in [0.15, 0.2) is 0 Å². The molecule has 5 nitrogen and oxygen atoms in total. The maximum absolute atomic E-state index is 12.9. The summed E-state index contributed by atoms with van der Waals surface area (Å²) in [5, 5.41) is 2.44. The fourth-order valence-electron chi connectivity index (χ4n) is 2.08. The van der Waals surface area contributed by atoms with Crippen LogP contribution in [0.1, 0.15) is 5.56 Å². The molecule has 0 fully saturated rings. The monoisotopic (exact) mass is 336 g/mol. The summed E-state index contributed by atoms with van der Waals surface area (Å²) < 4.78 is 40.0. The van der Waals surface area contributed by atoms with Crippen LogP contribution in [0.3, 0.4) is 0 Å². The number of likely N-dealkylation sites (N-methyl/N-ethyl adjacent to an activating group) is 1. The van der Waals surface area contributed by atoms with Gasteiger partial charge in [-0.15, -0.1) is 0 Å². The van der Waals surface area contributed by atoms with Gasteiger partial charge in [-0.2, -0.15) is 4.72 Å². The van der Waals surface area contributed by atoms with Crippen molar-refractivity contribution < 1.29 is 17.6 Å². The number of nitrogens with one attached hydrogen (secondary N) is 2. The standard InChI is InChI=1S/C16H17FN2O3S/c1-18-16(20)15(11-12-5-3-2-4-6-12)19-23(21,22)14-9-7-13(17)8-10-14/h2-10,15,19H,11H2,1H3,(H,18,20). The summed E-state index contributed by atoms with van der Waals surface area (Å²) in [5.74, 6) is -0.976. The van der Waals surface area contributed by atoms with Crippen LogP contribution in [0, 0.1) is 5.82 Å². The second-order valence-electron chi connectivity index (χ2n) is 4.93. The molecular weight excluding hydrogens is 319 g/mol. The molecule has 0 saturated carbocycles. The lowest BCUT2D eigenvalue weighted by Gasteiger charge is -2.17. The number of carbonyl (C=O) groups is 1. The molecule has 2 aromatic carbocycles. The zero-order valence-electron chi connectivity index (χ0n) is 12.5. The van der Waals surface area contributed by atoms with Crippen molar-refractivity contribution in [2.24, 2.45) is 0 Å². The van der Waals surface area contributed by atoms with Gasteiger partial charge in [-0.25, -0.2) is 12.8 Å².